The van der Waals surface area contributed by atoms with Crippen LogP contribution in [0.4, 0.5) is 5.69 Å². The smallest absolute Gasteiger partial charge is 0.256 e. The van der Waals surface area contributed by atoms with Crippen LogP contribution in [-0.2, 0) is 9.53 Å². The molecular formula is C23H36N2O3. The van der Waals surface area contributed by atoms with Gasteiger partial charge in [0.15, 0.2) is 0 Å². The van der Waals surface area contributed by atoms with Gasteiger partial charge in [-0.1, -0.05) is 20.3 Å². The molecule has 2 fully saturated rings. The van der Waals surface area contributed by atoms with Gasteiger partial charge >= 0.3 is 0 Å². The van der Waals surface area contributed by atoms with E-state index in [0.717, 1.165) is 43.7 Å². The van der Waals surface area contributed by atoms with Gasteiger partial charge in [0.2, 0.25) is 0 Å². The van der Waals surface area contributed by atoms with Crippen molar-refractivity contribution in [1.29, 1.82) is 0 Å². The zero-order valence-corrected chi connectivity index (χ0v) is 17.5. The highest BCUT2D eigenvalue weighted by Gasteiger charge is 2.42. The van der Waals surface area contributed by atoms with Crippen molar-refractivity contribution in [3.63, 3.8) is 0 Å². The van der Waals surface area contributed by atoms with Gasteiger partial charge in [0.05, 0.1) is 0 Å². The number of likely N-dealkylation sites (tertiary alicyclic amines) is 1. The van der Waals surface area contributed by atoms with Gasteiger partial charge in [0.25, 0.3) is 5.91 Å². The van der Waals surface area contributed by atoms with Crippen molar-refractivity contribution in [1.82, 2.24) is 4.90 Å². The minimum absolute atomic E-state index is 0.00444. The highest BCUT2D eigenvalue weighted by molar-refractivity contribution is 5.97. The normalized spacial score (nSPS) is 25.6. The molecule has 5 heteroatoms. The standard InChI is InChI=1S/C23H36N2O3/c1-3-16-28-23(12-6-7-19(2)18-23)22(26)24-20-8-10-21(11-9-20)27-17-15-25-13-4-5-14-25/h8-11,19H,3-7,12-18H2,1-2H3,(H,24,26)/t19-,23+/m0/s1. The average molecular weight is 389 g/mol. The number of benzene rings is 1. The lowest BCUT2D eigenvalue weighted by atomic mass is 9.78. The molecule has 2 atom stereocenters. The Morgan fingerprint density at radius 1 is 1.18 bits per heavy atom. The van der Waals surface area contributed by atoms with Crippen LogP contribution in [0.2, 0.25) is 0 Å². The highest BCUT2D eigenvalue weighted by atomic mass is 16.5. The third-order valence-electron chi connectivity index (χ3n) is 5.94. The van der Waals surface area contributed by atoms with Crippen LogP contribution in [0, 0.1) is 5.92 Å². The van der Waals surface area contributed by atoms with Gasteiger partial charge in [0, 0.05) is 18.8 Å². The first-order chi connectivity index (χ1) is 13.6. The Labute approximate surface area is 169 Å². The summed E-state index contributed by atoms with van der Waals surface area (Å²) in [6.45, 7) is 8.99. The number of anilines is 1. The molecule has 1 saturated carbocycles. The van der Waals surface area contributed by atoms with E-state index in [9.17, 15) is 4.79 Å². The van der Waals surface area contributed by atoms with E-state index in [4.69, 9.17) is 9.47 Å². The molecule has 1 heterocycles. The Kier molecular flexibility index (Phi) is 7.74. The second-order valence-electron chi connectivity index (χ2n) is 8.42. The minimum atomic E-state index is -0.682. The average Bonchev–Trinajstić information content (AvgIpc) is 3.21. The molecular weight excluding hydrogens is 352 g/mol. The number of carbonyl (C=O) groups excluding carboxylic acids is 1. The molecule has 0 bridgehead atoms. The third kappa shape index (κ3) is 5.71. The monoisotopic (exact) mass is 388 g/mol. The van der Waals surface area contributed by atoms with Gasteiger partial charge in [-0.25, -0.2) is 0 Å². The van der Waals surface area contributed by atoms with Crippen molar-refractivity contribution in [2.75, 3.05) is 38.2 Å². The molecule has 0 radical (unpaired) electrons. The van der Waals surface area contributed by atoms with Crippen LogP contribution in [-0.4, -0.2) is 49.3 Å². The third-order valence-corrected chi connectivity index (χ3v) is 5.94. The lowest BCUT2D eigenvalue weighted by Crippen LogP contribution is -2.48. The first kappa shape index (κ1) is 21.1. The van der Waals surface area contributed by atoms with Gasteiger partial charge in [-0.2, -0.15) is 0 Å². The van der Waals surface area contributed by atoms with Crippen LogP contribution in [0.3, 0.4) is 0 Å². The number of hydrogen-bond donors (Lipinski definition) is 1. The molecule has 1 aromatic carbocycles. The maximum atomic E-state index is 13.1. The molecule has 0 aromatic heterocycles. The Balaban J connectivity index is 1.53. The van der Waals surface area contributed by atoms with Crippen molar-refractivity contribution in [3.05, 3.63) is 24.3 Å². The van der Waals surface area contributed by atoms with Gasteiger partial charge in [-0.15, -0.1) is 0 Å². The van der Waals surface area contributed by atoms with E-state index < -0.39 is 5.60 Å². The summed E-state index contributed by atoms with van der Waals surface area (Å²) >= 11 is 0. The summed E-state index contributed by atoms with van der Waals surface area (Å²) in [6.07, 6.45) is 7.35. The van der Waals surface area contributed by atoms with Crippen molar-refractivity contribution >= 4 is 11.6 Å². The van der Waals surface area contributed by atoms with E-state index in [1.165, 1.54) is 32.4 Å². The zero-order chi connectivity index (χ0) is 19.8. The molecule has 1 aromatic rings. The Bertz CT molecular complexity index is 613. The second kappa shape index (κ2) is 10.3. The largest absolute Gasteiger partial charge is 0.492 e. The number of nitrogens with one attached hydrogen (secondary N) is 1. The minimum Gasteiger partial charge on any atom is -0.492 e. The Hall–Kier alpha value is -1.59. The summed E-state index contributed by atoms with van der Waals surface area (Å²) in [5.74, 6) is 1.36. The highest BCUT2D eigenvalue weighted by Crippen LogP contribution is 2.36. The fourth-order valence-electron chi connectivity index (χ4n) is 4.38. The topological polar surface area (TPSA) is 50.8 Å². The molecule has 1 amide bonds. The molecule has 28 heavy (non-hydrogen) atoms. The fourth-order valence-corrected chi connectivity index (χ4v) is 4.38. The van der Waals surface area contributed by atoms with E-state index >= 15 is 0 Å². The molecule has 1 saturated heterocycles. The van der Waals surface area contributed by atoms with Gasteiger partial charge in [-0.3, -0.25) is 9.69 Å². The maximum absolute atomic E-state index is 13.1. The molecule has 156 valence electrons. The first-order valence-electron chi connectivity index (χ1n) is 11.0. The number of rotatable bonds is 9. The number of carbonyl (C=O) groups is 1. The molecule has 0 spiro atoms. The summed E-state index contributed by atoms with van der Waals surface area (Å²) in [6, 6.07) is 7.71. The number of hydrogen-bond acceptors (Lipinski definition) is 4. The van der Waals surface area contributed by atoms with Crippen molar-refractivity contribution < 1.29 is 14.3 Å². The van der Waals surface area contributed by atoms with Crippen LogP contribution >= 0.6 is 0 Å². The molecule has 0 unspecified atom stereocenters. The summed E-state index contributed by atoms with van der Waals surface area (Å²) < 4.78 is 12.0. The zero-order valence-electron chi connectivity index (χ0n) is 17.5. The number of ether oxygens (including phenoxy) is 2. The van der Waals surface area contributed by atoms with Crippen LogP contribution in [0.1, 0.15) is 58.8 Å². The maximum Gasteiger partial charge on any atom is 0.256 e. The van der Waals surface area contributed by atoms with Gasteiger partial charge < -0.3 is 14.8 Å². The summed E-state index contributed by atoms with van der Waals surface area (Å²) in [4.78, 5) is 15.5. The predicted octanol–water partition coefficient (Wildman–Crippen LogP) is 4.48. The summed E-state index contributed by atoms with van der Waals surface area (Å²) in [7, 11) is 0. The Morgan fingerprint density at radius 2 is 1.93 bits per heavy atom. The van der Waals surface area contributed by atoms with Crippen molar-refractivity contribution in [3.8, 4) is 5.75 Å². The van der Waals surface area contributed by atoms with E-state index in [-0.39, 0.29) is 5.91 Å². The van der Waals surface area contributed by atoms with E-state index in [0.29, 0.717) is 19.1 Å². The van der Waals surface area contributed by atoms with Gasteiger partial charge in [0.1, 0.15) is 18.0 Å². The quantitative estimate of drug-likeness (QED) is 0.678. The molecule has 3 rings (SSSR count). The lowest BCUT2D eigenvalue weighted by Gasteiger charge is -2.38. The first-order valence-corrected chi connectivity index (χ1v) is 11.0. The van der Waals surface area contributed by atoms with Crippen molar-refractivity contribution in [2.24, 2.45) is 5.92 Å². The van der Waals surface area contributed by atoms with E-state index in [1.807, 2.05) is 24.3 Å². The molecule has 1 N–H and O–H groups in total. The van der Waals surface area contributed by atoms with E-state index in [2.05, 4.69) is 24.1 Å². The molecule has 1 aliphatic heterocycles. The molecule has 5 nitrogen and oxygen atoms in total. The van der Waals surface area contributed by atoms with Crippen LogP contribution < -0.4 is 10.1 Å². The molecule has 2 aliphatic rings. The van der Waals surface area contributed by atoms with E-state index in [1.54, 1.807) is 0 Å². The fraction of sp³-hybridized carbons (Fsp3) is 0.696. The number of amides is 1. The van der Waals surface area contributed by atoms with Crippen molar-refractivity contribution in [2.45, 2.75) is 64.4 Å². The summed E-state index contributed by atoms with van der Waals surface area (Å²) in [5, 5.41) is 3.08. The number of nitrogens with zero attached hydrogens (tertiary/aromatic N) is 1. The van der Waals surface area contributed by atoms with Gasteiger partial charge in [-0.05, 0) is 81.8 Å². The second-order valence-corrected chi connectivity index (χ2v) is 8.42. The van der Waals surface area contributed by atoms with Crippen LogP contribution in [0.15, 0.2) is 24.3 Å². The van der Waals surface area contributed by atoms with Crippen LogP contribution in [0.25, 0.3) is 0 Å². The Morgan fingerprint density at radius 3 is 2.61 bits per heavy atom. The SMILES string of the molecule is CCCO[C@]1(C(=O)Nc2ccc(OCCN3CCCC3)cc2)CCC[C@H](C)C1. The molecule has 1 aliphatic carbocycles. The summed E-state index contributed by atoms with van der Waals surface area (Å²) in [5.41, 5.74) is 0.119. The van der Waals surface area contributed by atoms with Crippen LogP contribution in [0.5, 0.6) is 5.75 Å². The lowest BCUT2D eigenvalue weighted by molar-refractivity contribution is -0.148. The predicted molar refractivity (Wildman–Crippen MR) is 113 cm³/mol.